The van der Waals surface area contributed by atoms with Gasteiger partial charge in [0.2, 0.25) is 0 Å². The number of benzene rings is 2. The smallest absolute Gasteiger partial charge is 0.361 e. The van der Waals surface area contributed by atoms with Crippen molar-refractivity contribution < 1.29 is 17.7 Å². The van der Waals surface area contributed by atoms with Crippen molar-refractivity contribution in [3.8, 4) is 16.8 Å². The number of pyridine rings is 2. The van der Waals surface area contributed by atoms with Gasteiger partial charge in [-0.25, -0.2) is 0 Å². The highest BCUT2D eigenvalue weighted by molar-refractivity contribution is 6.05. The van der Waals surface area contributed by atoms with Crippen LogP contribution in [0, 0.1) is 13.8 Å². The number of alkyl halides is 3. The Bertz CT molecular complexity index is 1550. The molecule has 0 saturated heterocycles. The highest BCUT2D eigenvalue weighted by Crippen LogP contribution is 2.34. The molecule has 8 heteroatoms. The van der Waals surface area contributed by atoms with Gasteiger partial charge in [-0.2, -0.15) is 13.2 Å². The molecule has 3 heterocycles. The highest BCUT2D eigenvalue weighted by Gasteiger charge is 2.30. The van der Waals surface area contributed by atoms with Crippen molar-refractivity contribution in [3.63, 3.8) is 0 Å². The molecule has 0 bridgehead atoms. The predicted molar refractivity (Wildman–Crippen MR) is 115 cm³/mol. The lowest BCUT2D eigenvalue weighted by atomic mass is 10.0. The number of hydrogen-bond acceptors (Lipinski definition) is 4. The molecule has 0 aliphatic heterocycles. The fourth-order valence-electron chi connectivity index (χ4n) is 4.04. The van der Waals surface area contributed by atoms with Gasteiger partial charge in [-0.05, 0) is 55.8 Å². The van der Waals surface area contributed by atoms with Crippen LogP contribution in [0.25, 0.3) is 38.6 Å². The summed E-state index contributed by atoms with van der Waals surface area (Å²) in [7, 11) is 0. The topological polar surface area (TPSA) is 60.9 Å². The summed E-state index contributed by atoms with van der Waals surface area (Å²) in [5.41, 5.74) is 2.31. The van der Waals surface area contributed by atoms with E-state index in [-0.39, 0.29) is 5.69 Å². The molecule has 0 unspecified atom stereocenters. The Morgan fingerprint density at radius 3 is 2.53 bits per heavy atom. The summed E-state index contributed by atoms with van der Waals surface area (Å²) in [4.78, 5) is 17.4. The van der Waals surface area contributed by atoms with E-state index in [2.05, 4.69) is 10.1 Å². The third-order valence-corrected chi connectivity index (χ3v) is 5.47. The quantitative estimate of drug-likeness (QED) is 0.327. The molecule has 3 aromatic heterocycles. The van der Waals surface area contributed by atoms with Crippen LogP contribution >= 0.6 is 0 Å². The molecule has 160 valence electrons. The van der Waals surface area contributed by atoms with Crippen LogP contribution in [-0.4, -0.2) is 14.7 Å². The predicted octanol–water partition coefficient (Wildman–Crippen LogP) is 5.83. The maximum Gasteiger partial charge on any atom is 0.416 e. The van der Waals surface area contributed by atoms with Crippen molar-refractivity contribution in [1.82, 2.24) is 14.7 Å². The van der Waals surface area contributed by atoms with E-state index >= 15 is 0 Å². The number of hydrogen-bond donors (Lipinski definition) is 0. The van der Waals surface area contributed by atoms with E-state index in [4.69, 9.17) is 4.52 Å². The third kappa shape index (κ3) is 3.15. The van der Waals surface area contributed by atoms with Crippen LogP contribution in [0.3, 0.4) is 0 Å². The summed E-state index contributed by atoms with van der Waals surface area (Å²) in [6.45, 7) is 3.63. The van der Waals surface area contributed by atoms with Crippen LogP contribution in [-0.2, 0) is 6.18 Å². The summed E-state index contributed by atoms with van der Waals surface area (Å²) < 4.78 is 46.5. The molecular formula is C24H16F3N3O2. The SMILES string of the molecule is Cc1noc(C)c1-c1ccc2ncc3ccc(=O)n(-c4cccc(C(F)(F)F)c4)c3c2c1. The second-order valence-electron chi connectivity index (χ2n) is 7.55. The first-order valence-electron chi connectivity index (χ1n) is 9.79. The van der Waals surface area contributed by atoms with Gasteiger partial charge in [-0.1, -0.05) is 17.3 Å². The van der Waals surface area contributed by atoms with Crippen LogP contribution < -0.4 is 5.56 Å². The van der Waals surface area contributed by atoms with E-state index in [0.29, 0.717) is 33.3 Å². The normalized spacial score (nSPS) is 12.0. The monoisotopic (exact) mass is 435 g/mol. The standard InChI is InChI=1S/C24H16F3N3O2/c1-13-22(14(2)32-29-13)15-6-8-20-19(10-15)23-16(12-28-20)7-9-21(31)30(23)18-5-3-4-17(11-18)24(25,26)27/h3-12H,1-2H3. The Balaban J connectivity index is 1.87. The van der Waals surface area contributed by atoms with Crippen LogP contribution in [0.15, 0.2) is 70.1 Å². The van der Waals surface area contributed by atoms with Gasteiger partial charge >= 0.3 is 6.18 Å². The summed E-state index contributed by atoms with van der Waals surface area (Å²) >= 11 is 0. The number of aromatic nitrogens is 3. The van der Waals surface area contributed by atoms with Gasteiger partial charge in [-0.3, -0.25) is 14.3 Å². The van der Waals surface area contributed by atoms with Crippen molar-refractivity contribution in [2.75, 3.05) is 0 Å². The minimum absolute atomic E-state index is 0.130. The lowest BCUT2D eigenvalue weighted by Gasteiger charge is -2.15. The molecule has 0 saturated carbocycles. The second-order valence-corrected chi connectivity index (χ2v) is 7.55. The van der Waals surface area contributed by atoms with Gasteiger partial charge in [0, 0.05) is 34.3 Å². The van der Waals surface area contributed by atoms with E-state index in [1.807, 2.05) is 25.1 Å². The number of nitrogens with zero attached hydrogens (tertiary/aromatic N) is 3. The van der Waals surface area contributed by atoms with Crippen molar-refractivity contribution >= 4 is 21.8 Å². The molecule has 2 aromatic carbocycles. The Morgan fingerprint density at radius 1 is 1.00 bits per heavy atom. The molecule has 5 rings (SSSR count). The summed E-state index contributed by atoms with van der Waals surface area (Å²) in [5, 5.41) is 5.26. The van der Waals surface area contributed by atoms with Crippen molar-refractivity contribution in [3.05, 3.63) is 88.2 Å². The molecule has 0 aliphatic carbocycles. The van der Waals surface area contributed by atoms with E-state index < -0.39 is 17.3 Å². The molecule has 0 radical (unpaired) electrons. The highest BCUT2D eigenvalue weighted by atomic mass is 19.4. The van der Waals surface area contributed by atoms with E-state index in [9.17, 15) is 18.0 Å². The van der Waals surface area contributed by atoms with E-state index in [1.165, 1.54) is 22.8 Å². The van der Waals surface area contributed by atoms with Gasteiger partial charge in [0.05, 0.1) is 22.3 Å². The molecule has 0 amide bonds. The Labute approximate surface area is 179 Å². The summed E-state index contributed by atoms with van der Waals surface area (Å²) in [6.07, 6.45) is -2.92. The summed E-state index contributed by atoms with van der Waals surface area (Å²) in [5.74, 6) is 0.644. The van der Waals surface area contributed by atoms with Crippen molar-refractivity contribution in [2.45, 2.75) is 20.0 Å². The number of rotatable bonds is 2. The minimum Gasteiger partial charge on any atom is -0.361 e. The first-order valence-corrected chi connectivity index (χ1v) is 9.79. The zero-order valence-corrected chi connectivity index (χ0v) is 17.1. The maximum absolute atomic E-state index is 13.3. The molecular weight excluding hydrogens is 419 g/mol. The lowest BCUT2D eigenvalue weighted by Crippen LogP contribution is -2.18. The molecule has 0 aliphatic rings. The lowest BCUT2D eigenvalue weighted by molar-refractivity contribution is -0.137. The first-order chi connectivity index (χ1) is 15.2. The zero-order chi connectivity index (χ0) is 22.6. The van der Waals surface area contributed by atoms with Crippen LogP contribution in [0.1, 0.15) is 17.0 Å². The summed E-state index contributed by atoms with van der Waals surface area (Å²) in [6, 6.07) is 13.2. The molecule has 5 aromatic rings. The van der Waals surface area contributed by atoms with Gasteiger partial charge < -0.3 is 4.52 Å². The average Bonchev–Trinajstić information content (AvgIpc) is 3.10. The zero-order valence-electron chi connectivity index (χ0n) is 17.1. The minimum atomic E-state index is -4.52. The van der Waals surface area contributed by atoms with Crippen LogP contribution in [0.4, 0.5) is 13.2 Å². The molecule has 5 nitrogen and oxygen atoms in total. The first kappa shape index (κ1) is 20.0. The van der Waals surface area contributed by atoms with E-state index in [0.717, 1.165) is 23.3 Å². The number of aryl methyl sites for hydroxylation is 2. The molecule has 0 atom stereocenters. The second kappa shape index (κ2) is 7.05. The molecule has 0 spiro atoms. The van der Waals surface area contributed by atoms with E-state index in [1.54, 1.807) is 19.2 Å². The maximum atomic E-state index is 13.3. The van der Waals surface area contributed by atoms with Gasteiger partial charge in [-0.15, -0.1) is 0 Å². The largest absolute Gasteiger partial charge is 0.416 e. The van der Waals surface area contributed by atoms with Crippen LogP contribution in [0.5, 0.6) is 0 Å². The Morgan fingerprint density at radius 2 is 1.81 bits per heavy atom. The number of halogens is 3. The third-order valence-electron chi connectivity index (χ3n) is 5.47. The van der Waals surface area contributed by atoms with Gasteiger partial charge in [0.1, 0.15) is 5.76 Å². The van der Waals surface area contributed by atoms with Crippen molar-refractivity contribution in [1.29, 1.82) is 0 Å². The van der Waals surface area contributed by atoms with Gasteiger partial charge in [0.25, 0.3) is 5.56 Å². The van der Waals surface area contributed by atoms with Crippen molar-refractivity contribution in [2.24, 2.45) is 0 Å². The average molecular weight is 435 g/mol. The molecule has 0 fully saturated rings. The van der Waals surface area contributed by atoms with Gasteiger partial charge in [0.15, 0.2) is 0 Å². The Kier molecular flexibility index (Phi) is 4.40. The fourth-order valence-corrected chi connectivity index (χ4v) is 4.04. The number of fused-ring (bicyclic) bond motifs is 3. The van der Waals surface area contributed by atoms with Crippen LogP contribution in [0.2, 0.25) is 0 Å². The molecule has 32 heavy (non-hydrogen) atoms. The Hall–Kier alpha value is -3.94. The molecule has 0 N–H and O–H groups in total. The fraction of sp³-hybridized carbons (Fsp3) is 0.125.